The summed E-state index contributed by atoms with van der Waals surface area (Å²) in [6.07, 6.45) is -1.11. The van der Waals surface area contributed by atoms with Crippen LogP contribution in [-0.4, -0.2) is 24.2 Å². The molecule has 0 bridgehead atoms. The monoisotopic (exact) mass is 329 g/mol. The summed E-state index contributed by atoms with van der Waals surface area (Å²) in [5.41, 5.74) is 3.84. The molecular formula is C18H19NO3S. The van der Waals surface area contributed by atoms with Crippen molar-refractivity contribution in [1.29, 1.82) is 0 Å². The lowest BCUT2D eigenvalue weighted by Crippen LogP contribution is -2.30. The van der Waals surface area contributed by atoms with Crippen molar-refractivity contribution in [2.75, 3.05) is 12.4 Å². The topological polar surface area (TPSA) is 58.6 Å². The Labute approximate surface area is 139 Å². The number of carbonyl (C=O) groups is 1. The number of aryl methyl sites for hydroxylation is 1. The molecule has 0 aliphatic carbocycles. The van der Waals surface area contributed by atoms with Gasteiger partial charge in [0.25, 0.3) is 5.91 Å². The van der Waals surface area contributed by atoms with Crippen LogP contribution in [0.25, 0.3) is 0 Å². The Kier molecular flexibility index (Phi) is 4.33. The first kappa shape index (κ1) is 15.9. The molecule has 1 aliphatic heterocycles. The van der Waals surface area contributed by atoms with Crippen LogP contribution in [0.15, 0.2) is 41.3 Å². The molecule has 3 rings (SSSR count). The van der Waals surface area contributed by atoms with Gasteiger partial charge < -0.3 is 15.2 Å². The molecule has 2 N–H and O–H groups in total. The van der Waals surface area contributed by atoms with Gasteiger partial charge in [-0.05, 0) is 48.7 Å². The number of thioether (sulfide) groups is 1. The van der Waals surface area contributed by atoms with E-state index in [1.807, 2.05) is 50.2 Å². The number of amides is 1. The average molecular weight is 329 g/mol. The number of aliphatic hydroxyl groups excluding tert-OH is 1. The second-order valence-corrected chi connectivity index (χ2v) is 6.81. The zero-order valence-electron chi connectivity index (χ0n) is 13.3. The average Bonchev–Trinajstić information content (AvgIpc) is 2.69. The molecule has 0 saturated carbocycles. The van der Waals surface area contributed by atoms with E-state index in [0.29, 0.717) is 0 Å². The fourth-order valence-corrected chi connectivity index (χ4v) is 3.91. The van der Waals surface area contributed by atoms with Gasteiger partial charge in [0.2, 0.25) is 0 Å². The molecule has 4 nitrogen and oxygen atoms in total. The van der Waals surface area contributed by atoms with E-state index in [2.05, 4.69) is 5.32 Å². The maximum atomic E-state index is 12.3. The SMILES string of the molecule is COc1ccc([C@H]2Sc3ccc(C)c(C)c3NC(=O)[C@H]2O)cc1. The molecule has 1 heterocycles. The van der Waals surface area contributed by atoms with Crippen LogP contribution < -0.4 is 10.1 Å². The Morgan fingerprint density at radius 1 is 1.13 bits per heavy atom. The van der Waals surface area contributed by atoms with Gasteiger partial charge in [-0.25, -0.2) is 0 Å². The summed E-state index contributed by atoms with van der Waals surface area (Å²) >= 11 is 1.50. The first-order valence-electron chi connectivity index (χ1n) is 7.41. The molecule has 0 radical (unpaired) electrons. The zero-order valence-corrected chi connectivity index (χ0v) is 14.1. The van der Waals surface area contributed by atoms with E-state index in [4.69, 9.17) is 4.74 Å². The number of rotatable bonds is 2. The molecule has 0 saturated heterocycles. The first-order valence-corrected chi connectivity index (χ1v) is 8.29. The highest BCUT2D eigenvalue weighted by atomic mass is 32.2. The predicted octanol–water partition coefficient (Wildman–Crippen LogP) is 3.46. The lowest BCUT2D eigenvalue weighted by atomic mass is 10.1. The van der Waals surface area contributed by atoms with Crippen LogP contribution in [0.4, 0.5) is 5.69 Å². The van der Waals surface area contributed by atoms with Gasteiger partial charge in [0, 0.05) is 4.90 Å². The second-order valence-electron chi connectivity index (χ2n) is 5.63. The number of hydrogen-bond donors (Lipinski definition) is 2. The van der Waals surface area contributed by atoms with E-state index in [9.17, 15) is 9.90 Å². The van der Waals surface area contributed by atoms with E-state index in [-0.39, 0.29) is 11.2 Å². The van der Waals surface area contributed by atoms with Crippen LogP contribution in [0.2, 0.25) is 0 Å². The molecule has 0 aromatic heterocycles. The fourth-order valence-electron chi connectivity index (χ4n) is 2.62. The number of hydrogen-bond acceptors (Lipinski definition) is 4. The van der Waals surface area contributed by atoms with Gasteiger partial charge in [-0.3, -0.25) is 4.79 Å². The number of benzene rings is 2. The minimum Gasteiger partial charge on any atom is -0.497 e. The number of nitrogens with one attached hydrogen (secondary N) is 1. The van der Waals surface area contributed by atoms with Gasteiger partial charge in [-0.1, -0.05) is 18.2 Å². The lowest BCUT2D eigenvalue weighted by molar-refractivity contribution is -0.124. The summed E-state index contributed by atoms with van der Waals surface area (Å²) in [4.78, 5) is 13.3. The summed E-state index contributed by atoms with van der Waals surface area (Å²) in [6, 6.07) is 11.5. The molecule has 0 unspecified atom stereocenters. The normalized spacial score (nSPS) is 20.4. The molecular weight excluding hydrogens is 310 g/mol. The highest BCUT2D eigenvalue weighted by Crippen LogP contribution is 2.45. The van der Waals surface area contributed by atoms with E-state index < -0.39 is 6.10 Å². The highest BCUT2D eigenvalue weighted by molar-refractivity contribution is 7.99. The Balaban J connectivity index is 2.03. The number of ether oxygens (including phenoxy) is 1. The van der Waals surface area contributed by atoms with Crippen molar-refractivity contribution in [3.63, 3.8) is 0 Å². The number of aliphatic hydroxyl groups is 1. The number of carbonyl (C=O) groups excluding carboxylic acids is 1. The third-order valence-corrected chi connectivity index (χ3v) is 5.58. The van der Waals surface area contributed by atoms with Gasteiger partial charge in [0.15, 0.2) is 0 Å². The molecule has 1 aliphatic rings. The third kappa shape index (κ3) is 2.94. The van der Waals surface area contributed by atoms with Crippen molar-refractivity contribution >= 4 is 23.4 Å². The van der Waals surface area contributed by atoms with Crippen LogP contribution in [-0.2, 0) is 4.79 Å². The molecule has 5 heteroatoms. The second kappa shape index (κ2) is 6.26. The smallest absolute Gasteiger partial charge is 0.254 e. The zero-order chi connectivity index (χ0) is 16.6. The molecule has 120 valence electrons. The summed E-state index contributed by atoms with van der Waals surface area (Å²) in [6.45, 7) is 3.99. The van der Waals surface area contributed by atoms with E-state index in [1.165, 1.54) is 11.8 Å². The maximum absolute atomic E-state index is 12.3. The first-order chi connectivity index (χ1) is 11.0. The Hall–Kier alpha value is -1.98. The van der Waals surface area contributed by atoms with Crippen LogP contribution >= 0.6 is 11.8 Å². The summed E-state index contributed by atoms with van der Waals surface area (Å²) in [5.74, 6) is 0.379. The van der Waals surface area contributed by atoms with Crippen molar-refractivity contribution in [3.8, 4) is 5.75 Å². The van der Waals surface area contributed by atoms with E-state index in [1.54, 1.807) is 7.11 Å². The lowest BCUT2D eigenvalue weighted by Gasteiger charge is -2.19. The van der Waals surface area contributed by atoms with Crippen LogP contribution in [0, 0.1) is 13.8 Å². The van der Waals surface area contributed by atoms with Gasteiger partial charge >= 0.3 is 0 Å². The summed E-state index contributed by atoms with van der Waals surface area (Å²) in [7, 11) is 1.61. The van der Waals surface area contributed by atoms with E-state index in [0.717, 1.165) is 33.0 Å². The van der Waals surface area contributed by atoms with Crippen LogP contribution in [0.5, 0.6) is 5.75 Å². The van der Waals surface area contributed by atoms with E-state index >= 15 is 0 Å². The van der Waals surface area contributed by atoms with Gasteiger partial charge in [0.05, 0.1) is 18.0 Å². The molecule has 2 aromatic rings. The third-order valence-electron chi connectivity index (χ3n) is 4.20. The van der Waals surface area contributed by atoms with Gasteiger partial charge in [-0.15, -0.1) is 11.8 Å². The van der Waals surface area contributed by atoms with Crippen molar-refractivity contribution < 1.29 is 14.6 Å². The van der Waals surface area contributed by atoms with Crippen LogP contribution in [0.3, 0.4) is 0 Å². The van der Waals surface area contributed by atoms with Crippen LogP contribution in [0.1, 0.15) is 21.9 Å². The molecule has 2 atom stereocenters. The Morgan fingerprint density at radius 2 is 1.83 bits per heavy atom. The summed E-state index contributed by atoms with van der Waals surface area (Å²) in [5, 5.41) is 13.0. The maximum Gasteiger partial charge on any atom is 0.254 e. The molecule has 0 fully saturated rings. The highest BCUT2D eigenvalue weighted by Gasteiger charge is 2.33. The minimum atomic E-state index is -1.11. The molecule has 1 amide bonds. The molecule has 0 spiro atoms. The Morgan fingerprint density at radius 3 is 2.48 bits per heavy atom. The number of anilines is 1. The minimum absolute atomic E-state index is 0.357. The Bertz CT molecular complexity index is 743. The standard InChI is InChI=1S/C18H19NO3S/c1-10-4-9-14-15(11(10)2)19-18(21)16(20)17(23-14)12-5-7-13(22-3)8-6-12/h4-9,16-17,20H,1-3H3,(H,19,21)/t16-,17+/m0/s1. The van der Waals surface area contributed by atoms with Crippen molar-refractivity contribution in [1.82, 2.24) is 0 Å². The van der Waals surface area contributed by atoms with Gasteiger partial charge in [0.1, 0.15) is 11.9 Å². The number of fused-ring (bicyclic) bond motifs is 1. The largest absolute Gasteiger partial charge is 0.497 e. The predicted molar refractivity (Wildman–Crippen MR) is 92.1 cm³/mol. The number of methoxy groups -OCH3 is 1. The fraction of sp³-hybridized carbons (Fsp3) is 0.278. The molecule has 23 heavy (non-hydrogen) atoms. The van der Waals surface area contributed by atoms with Gasteiger partial charge in [-0.2, -0.15) is 0 Å². The van der Waals surface area contributed by atoms with Crippen molar-refractivity contribution in [2.24, 2.45) is 0 Å². The quantitative estimate of drug-likeness (QED) is 0.886. The molecule has 2 aromatic carbocycles. The van der Waals surface area contributed by atoms with Crippen molar-refractivity contribution in [2.45, 2.75) is 30.1 Å². The summed E-state index contributed by atoms with van der Waals surface area (Å²) < 4.78 is 5.17. The van der Waals surface area contributed by atoms with Crippen molar-refractivity contribution in [3.05, 3.63) is 53.1 Å².